The van der Waals surface area contributed by atoms with Crippen LogP contribution in [-0.2, 0) is 9.59 Å². The Hall–Kier alpha value is -2.61. The second-order valence-electron chi connectivity index (χ2n) is 5.30. The molecule has 0 aromatic heterocycles. The number of nitrogens with one attached hydrogen (secondary N) is 1. The second-order valence-corrected chi connectivity index (χ2v) is 5.30. The van der Waals surface area contributed by atoms with Gasteiger partial charge in [-0.05, 0) is 37.8 Å². The van der Waals surface area contributed by atoms with Gasteiger partial charge in [-0.3, -0.25) is 4.79 Å². The van der Waals surface area contributed by atoms with Gasteiger partial charge in [0, 0.05) is 18.5 Å². The first-order valence-electron chi connectivity index (χ1n) is 7.56. The predicted octanol–water partition coefficient (Wildman–Crippen LogP) is 2.99. The number of hydrogen-bond acceptors (Lipinski definition) is 2. The Morgan fingerprint density at radius 1 is 1.22 bits per heavy atom. The van der Waals surface area contributed by atoms with Crippen LogP contribution in [-0.4, -0.2) is 17.0 Å². The number of carboxylic acid groups (broad SMARTS) is 1. The standard InChI is InChI=1S/C18H18FNO3/c19-15-10-4-1-7-13(15)8-2-6-12-17(21)20-16-11-5-3-9-14(16)18(22)23/h1,4,7,10H,3,5-6,9,11-12H2,(H,20,21)(H,22,23). The first-order chi connectivity index (χ1) is 11.1. The number of allylic oxidation sites excluding steroid dienone is 1. The average Bonchev–Trinajstić information content (AvgIpc) is 2.53. The maximum Gasteiger partial charge on any atom is 0.333 e. The van der Waals surface area contributed by atoms with E-state index in [-0.39, 0.29) is 24.6 Å². The lowest BCUT2D eigenvalue weighted by molar-refractivity contribution is -0.133. The van der Waals surface area contributed by atoms with E-state index in [0.717, 1.165) is 12.8 Å². The zero-order chi connectivity index (χ0) is 16.7. The first kappa shape index (κ1) is 16.8. The van der Waals surface area contributed by atoms with E-state index in [0.29, 0.717) is 29.7 Å². The van der Waals surface area contributed by atoms with Crippen molar-refractivity contribution in [1.82, 2.24) is 5.32 Å². The summed E-state index contributed by atoms with van der Waals surface area (Å²) in [6, 6.07) is 6.20. The van der Waals surface area contributed by atoms with Gasteiger partial charge < -0.3 is 10.4 Å². The molecule has 1 aromatic carbocycles. The topological polar surface area (TPSA) is 66.4 Å². The highest BCUT2D eigenvalue weighted by molar-refractivity contribution is 5.89. The van der Waals surface area contributed by atoms with Gasteiger partial charge in [0.15, 0.2) is 0 Å². The minimum absolute atomic E-state index is 0.151. The summed E-state index contributed by atoms with van der Waals surface area (Å²) in [5.41, 5.74) is 1.11. The van der Waals surface area contributed by atoms with Crippen LogP contribution in [0.2, 0.25) is 0 Å². The summed E-state index contributed by atoms with van der Waals surface area (Å²) in [6.45, 7) is 0. The molecule has 0 radical (unpaired) electrons. The number of carboxylic acids is 1. The largest absolute Gasteiger partial charge is 0.478 e. The summed E-state index contributed by atoms with van der Waals surface area (Å²) in [6.07, 6.45) is 3.20. The number of carbonyl (C=O) groups is 2. The van der Waals surface area contributed by atoms with E-state index in [1.165, 1.54) is 6.07 Å². The van der Waals surface area contributed by atoms with Crippen LogP contribution >= 0.6 is 0 Å². The molecule has 0 aliphatic heterocycles. The zero-order valence-electron chi connectivity index (χ0n) is 12.7. The van der Waals surface area contributed by atoms with Gasteiger partial charge in [0.25, 0.3) is 0 Å². The van der Waals surface area contributed by atoms with Crippen molar-refractivity contribution in [3.05, 3.63) is 46.9 Å². The molecule has 2 N–H and O–H groups in total. The number of amides is 1. The van der Waals surface area contributed by atoms with Crippen molar-refractivity contribution in [2.45, 2.75) is 38.5 Å². The lowest BCUT2D eigenvalue weighted by Gasteiger charge is -2.18. The summed E-state index contributed by atoms with van der Waals surface area (Å²) >= 11 is 0. The number of halogens is 1. The van der Waals surface area contributed by atoms with Crippen molar-refractivity contribution in [2.24, 2.45) is 0 Å². The van der Waals surface area contributed by atoms with Crippen molar-refractivity contribution in [2.75, 3.05) is 0 Å². The third kappa shape index (κ3) is 4.96. The van der Waals surface area contributed by atoms with Gasteiger partial charge in [-0.15, -0.1) is 0 Å². The van der Waals surface area contributed by atoms with E-state index in [2.05, 4.69) is 17.2 Å². The average molecular weight is 315 g/mol. The number of hydrogen-bond donors (Lipinski definition) is 2. The molecule has 4 nitrogen and oxygen atoms in total. The van der Waals surface area contributed by atoms with Gasteiger partial charge in [-0.25, -0.2) is 9.18 Å². The normalized spacial score (nSPS) is 14.0. The Kier molecular flexibility index (Phi) is 5.93. The zero-order valence-corrected chi connectivity index (χ0v) is 12.7. The maximum absolute atomic E-state index is 13.4. The van der Waals surface area contributed by atoms with Gasteiger partial charge in [0.05, 0.1) is 11.1 Å². The Morgan fingerprint density at radius 3 is 2.70 bits per heavy atom. The summed E-state index contributed by atoms with van der Waals surface area (Å²) in [4.78, 5) is 23.0. The molecule has 2 rings (SSSR count). The SMILES string of the molecule is O=C(CCC#Cc1ccccc1F)NC1=C(C(=O)O)CCCC1. The van der Waals surface area contributed by atoms with E-state index in [9.17, 15) is 14.0 Å². The fourth-order valence-electron chi connectivity index (χ4n) is 2.41. The molecule has 0 fully saturated rings. The van der Waals surface area contributed by atoms with Gasteiger partial charge in [-0.1, -0.05) is 24.0 Å². The molecular formula is C18H18FNO3. The van der Waals surface area contributed by atoms with E-state index < -0.39 is 5.97 Å². The smallest absolute Gasteiger partial charge is 0.333 e. The van der Waals surface area contributed by atoms with Crippen LogP contribution < -0.4 is 5.32 Å². The number of aliphatic carboxylic acids is 1. The molecule has 1 amide bonds. The van der Waals surface area contributed by atoms with Crippen LogP contribution in [0.15, 0.2) is 35.5 Å². The lowest BCUT2D eigenvalue weighted by atomic mass is 9.96. The molecule has 1 aromatic rings. The van der Waals surface area contributed by atoms with Crippen LogP contribution in [0.4, 0.5) is 4.39 Å². The van der Waals surface area contributed by atoms with E-state index in [4.69, 9.17) is 5.11 Å². The monoisotopic (exact) mass is 315 g/mol. The number of benzene rings is 1. The van der Waals surface area contributed by atoms with E-state index in [1.807, 2.05) is 0 Å². The fraction of sp³-hybridized carbons (Fsp3) is 0.333. The quantitative estimate of drug-likeness (QED) is 0.840. The van der Waals surface area contributed by atoms with Crippen molar-refractivity contribution in [3.63, 3.8) is 0 Å². The van der Waals surface area contributed by atoms with Crippen LogP contribution in [0.5, 0.6) is 0 Å². The molecular weight excluding hydrogens is 297 g/mol. The second kappa shape index (κ2) is 8.14. The minimum atomic E-state index is -0.973. The summed E-state index contributed by atoms with van der Waals surface area (Å²) in [5.74, 6) is 3.83. The molecule has 0 unspecified atom stereocenters. The molecule has 1 aliphatic carbocycles. The summed E-state index contributed by atoms with van der Waals surface area (Å²) < 4.78 is 13.4. The highest BCUT2D eigenvalue weighted by atomic mass is 19.1. The third-order valence-electron chi connectivity index (χ3n) is 3.59. The van der Waals surface area contributed by atoms with Gasteiger partial charge in [0.2, 0.25) is 5.91 Å². The highest BCUT2D eigenvalue weighted by Crippen LogP contribution is 2.23. The molecule has 5 heteroatoms. The van der Waals surface area contributed by atoms with E-state index in [1.54, 1.807) is 18.2 Å². The summed E-state index contributed by atoms with van der Waals surface area (Å²) in [5, 5.41) is 11.8. The van der Waals surface area contributed by atoms with Gasteiger partial charge >= 0.3 is 5.97 Å². The maximum atomic E-state index is 13.4. The molecule has 0 atom stereocenters. The highest BCUT2D eigenvalue weighted by Gasteiger charge is 2.19. The number of rotatable bonds is 4. The Morgan fingerprint density at radius 2 is 1.96 bits per heavy atom. The molecule has 120 valence electrons. The van der Waals surface area contributed by atoms with Crippen molar-refractivity contribution in [3.8, 4) is 11.8 Å². The lowest BCUT2D eigenvalue weighted by Crippen LogP contribution is -2.26. The molecule has 23 heavy (non-hydrogen) atoms. The Labute approximate surface area is 134 Å². The predicted molar refractivity (Wildman–Crippen MR) is 83.8 cm³/mol. The molecule has 1 aliphatic rings. The van der Waals surface area contributed by atoms with Crippen LogP contribution in [0.1, 0.15) is 44.1 Å². The van der Waals surface area contributed by atoms with E-state index >= 15 is 0 Å². The van der Waals surface area contributed by atoms with Crippen LogP contribution in [0.25, 0.3) is 0 Å². The Bertz CT molecular complexity index is 698. The molecule has 0 spiro atoms. The Balaban J connectivity index is 1.89. The van der Waals surface area contributed by atoms with Crippen molar-refractivity contribution >= 4 is 11.9 Å². The van der Waals surface area contributed by atoms with Crippen molar-refractivity contribution < 1.29 is 19.1 Å². The molecule has 0 bridgehead atoms. The molecule has 0 heterocycles. The van der Waals surface area contributed by atoms with Crippen molar-refractivity contribution in [1.29, 1.82) is 0 Å². The molecule has 0 saturated carbocycles. The van der Waals surface area contributed by atoms with Crippen LogP contribution in [0.3, 0.4) is 0 Å². The fourth-order valence-corrected chi connectivity index (χ4v) is 2.41. The number of carbonyl (C=O) groups excluding carboxylic acids is 1. The van der Waals surface area contributed by atoms with Gasteiger partial charge in [-0.2, -0.15) is 0 Å². The molecule has 0 saturated heterocycles. The summed E-state index contributed by atoms with van der Waals surface area (Å²) in [7, 11) is 0. The van der Waals surface area contributed by atoms with Crippen LogP contribution in [0, 0.1) is 17.7 Å². The third-order valence-corrected chi connectivity index (χ3v) is 3.59. The van der Waals surface area contributed by atoms with Gasteiger partial charge in [0.1, 0.15) is 5.82 Å². The first-order valence-corrected chi connectivity index (χ1v) is 7.56. The minimum Gasteiger partial charge on any atom is -0.478 e.